The van der Waals surface area contributed by atoms with Gasteiger partial charge in [-0.15, -0.1) is 0 Å². The molecule has 0 aromatic heterocycles. The summed E-state index contributed by atoms with van der Waals surface area (Å²) < 4.78 is 0. The topological polar surface area (TPSA) is 75.4 Å². The fourth-order valence-corrected chi connectivity index (χ4v) is 2.07. The highest BCUT2D eigenvalue weighted by Crippen LogP contribution is 2.09. The molecule has 0 aliphatic carbocycles. The molecule has 1 rings (SSSR count). The highest BCUT2D eigenvalue weighted by atomic mass is 16.2. The first kappa shape index (κ1) is 14.0. The van der Waals surface area contributed by atoms with Crippen LogP contribution >= 0.6 is 0 Å². The summed E-state index contributed by atoms with van der Waals surface area (Å²) in [6.07, 6.45) is 3.15. The molecule has 2 atom stereocenters. The highest BCUT2D eigenvalue weighted by molar-refractivity contribution is 5.82. The molecule has 17 heavy (non-hydrogen) atoms. The van der Waals surface area contributed by atoms with Crippen LogP contribution in [-0.2, 0) is 9.59 Å². The normalized spacial score (nSPS) is 19.2. The van der Waals surface area contributed by atoms with Gasteiger partial charge in [-0.1, -0.05) is 13.3 Å². The molecule has 3 N–H and O–H groups in total. The third kappa shape index (κ3) is 4.34. The van der Waals surface area contributed by atoms with Crippen LogP contribution in [0.2, 0.25) is 0 Å². The largest absolute Gasteiger partial charge is 0.351 e. The average molecular weight is 241 g/mol. The Kier molecular flexibility index (Phi) is 5.41. The Morgan fingerprint density at radius 3 is 2.82 bits per heavy atom. The zero-order valence-corrected chi connectivity index (χ0v) is 10.7. The quantitative estimate of drug-likeness (QED) is 0.699. The van der Waals surface area contributed by atoms with E-state index in [2.05, 4.69) is 5.32 Å². The summed E-state index contributed by atoms with van der Waals surface area (Å²) >= 11 is 0. The van der Waals surface area contributed by atoms with Crippen LogP contribution in [0.4, 0.5) is 0 Å². The number of nitrogens with one attached hydrogen (secondary N) is 1. The van der Waals surface area contributed by atoms with Crippen LogP contribution in [0, 0.1) is 0 Å². The number of hydrogen-bond donors (Lipinski definition) is 2. The first-order valence-electron chi connectivity index (χ1n) is 6.38. The van der Waals surface area contributed by atoms with Gasteiger partial charge >= 0.3 is 0 Å². The standard InChI is InChI=1S/C12H23N3O2/c1-3-5-10(13)12(17)14-9(2)8-15-7-4-6-11(15)16/h9-10H,3-8,13H2,1-2H3,(H,14,17). The lowest BCUT2D eigenvalue weighted by molar-refractivity contribution is -0.129. The van der Waals surface area contributed by atoms with Crippen LogP contribution in [-0.4, -0.2) is 41.9 Å². The number of carbonyl (C=O) groups excluding carboxylic acids is 2. The second-order valence-electron chi connectivity index (χ2n) is 4.75. The van der Waals surface area contributed by atoms with Gasteiger partial charge in [0.05, 0.1) is 6.04 Å². The summed E-state index contributed by atoms with van der Waals surface area (Å²) in [6, 6.07) is -0.468. The number of hydrogen-bond acceptors (Lipinski definition) is 3. The molecule has 1 saturated heterocycles. The lowest BCUT2D eigenvalue weighted by atomic mass is 10.1. The Labute approximate surface area is 103 Å². The predicted octanol–water partition coefficient (Wildman–Crippen LogP) is 0.241. The van der Waals surface area contributed by atoms with Crippen LogP contribution in [0.1, 0.15) is 39.5 Å². The van der Waals surface area contributed by atoms with Crippen molar-refractivity contribution < 1.29 is 9.59 Å². The van der Waals surface area contributed by atoms with E-state index in [0.717, 1.165) is 19.4 Å². The van der Waals surface area contributed by atoms with E-state index < -0.39 is 6.04 Å². The summed E-state index contributed by atoms with van der Waals surface area (Å²) in [4.78, 5) is 24.9. The second-order valence-corrected chi connectivity index (χ2v) is 4.75. The Hall–Kier alpha value is -1.10. The Morgan fingerprint density at radius 1 is 1.59 bits per heavy atom. The van der Waals surface area contributed by atoms with Crippen LogP contribution in [0.5, 0.6) is 0 Å². The summed E-state index contributed by atoms with van der Waals surface area (Å²) in [6.45, 7) is 5.30. The van der Waals surface area contributed by atoms with E-state index in [1.807, 2.05) is 13.8 Å². The SMILES string of the molecule is CCCC(N)C(=O)NC(C)CN1CCCC1=O. The molecule has 1 fully saturated rings. The van der Waals surface area contributed by atoms with Crippen molar-refractivity contribution in [2.75, 3.05) is 13.1 Å². The van der Waals surface area contributed by atoms with Gasteiger partial charge in [0.2, 0.25) is 11.8 Å². The summed E-state index contributed by atoms with van der Waals surface area (Å²) in [5, 5.41) is 2.85. The van der Waals surface area contributed by atoms with E-state index in [4.69, 9.17) is 5.73 Å². The molecule has 1 aliphatic rings. The number of likely N-dealkylation sites (tertiary alicyclic amines) is 1. The third-order valence-corrected chi connectivity index (χ3v) is 2.99. The molecule has 0 saturated carbocycles. The van der Waals surface area contributed by atoms with E-state index in [1.54, 1.807) is 4.90 Å². The highest BCUT2D eigenvalue weighted by Gasteiger charge is 2.23. The number of rotatable bonds is 6. The van der Waals surface area contributed by atoms with Crippen LogP contribution in [0.15, 0.2) is 0 Å². The molecular weight excluding hydrogens is 218 g/mol. The van der Waals surface area contributed by atoms with Gasteiger partial charge in [-0.2, -0.15) is 0 Å². The lowest BCUT2D eigenvalue weighted by Gasteiger charge is -2.23. The van der Waals surface area contributed by atoms with Crippen molar-refractivity contribution in [2.24, 2.45) is 5.73 Å². The van der Waals surface area contributed by atoms with Crippen molar-refractivity contribution in [3.63, 3.8) is 0 Å². The van der Waals surface area contributed by atoms with Crippen molar-refractivity contribution in [1.29, 1.82) is 0 Å². The molecule has 0 radical (unpaired) electrons. The van der Waals surface area contributed by atoms with E-state index in [-0.39, 0.29) is 17.9 Å². The fourth-order valence-electron chi connectivity index (χ4n) is 2.07. The van der Waals surface area contributed by atoms with Crippen LogP contribution < -0.4 is 11.1 Å². The van der Waals surface area contributed by atoms with E-state index in [0.29, 0.717) is 19.4 Å². The molecule has 0 bridgehead atoms. The predicted molar refractivity (Wildman–Crippen MR) is 66.3 cm³/mol. The fraction of sp³-hybridized carbons (Fsp3) is 0.833. The smallest absolute Gasteiger partial charge is 0.237 e. The van der Waals surface area contributed by atoms with E-state index in [1.165, 1.54) is 0 Å². The lowest BCUT2D eigenvalue weighted by Crippen LogP contribution is -2.48. The molecule has 1 aliphatic heterocycles. The van der Waals surface area contributed by atoms with Gasteiger partial charge in [-0.25, -0.2) is 0 Å². The molecule has 0 aromatic carbocycles. The molecule has 0 spiro atoms. The van der Waals surface area contributed by atoms with Crippen LogP contribution in [0.25, 0.3) is 0 Å². The van der Waals surface area contributed by atoms with E-state index >= 15 is 0 Å². The van der Waals surface area contributed by atoms with Gasteiger partial charge in [-0.05, 0) is 19.8 Å². The van der Waals surface area contributed by atoms with E-state index in [9.17, 15) is 9.59 Å². The van der Waals surface area contributed by atoms with Crippen LogP contribution in [0.3, 0.4) is 0 Å². The molecule has 5 nitrogen and oxygen atoms in total. The minimum absolute atomic E-state index is 0.0348. The van der Waals surface area contributed by atoms with Gasteiger partial charge in [0.1, 0.15) is 0 Å². The molecule has 1 heterocycles. The van der Waals surface area contributed by atoms with Gasteiger partial charge in [-0.3, -0.25) is 9.59 Å². The maximum atomic E-state index is 11.7. The Morgan fingerprint density at radius 2 is 2.29 bits per heavy atom. The molecule has 0 aromatic rings. The zero-order chi connectivity index (χ0) is 12.8. The van der Waals surface area contributed by atoms with Gasteiger partial charge < -0.3 is 16.0 Å². The first-order valence-corrected chi connectivity index (χ1v) is 6.38. The molecular formula is C12H23N3O2. The second kappa shape index (κ2) is 6.59. The number of nitrogens with two attached hydrogens (primary N) is 1. The Bertz CT molecular complexity index is 281. The third-order valence-electron chi connectivity index (χ3n) is 2.99. The maximum Gasteiger partial charge on any atom is 0.237 e. The summed E-state index contributed by atoms with van der Waals surface area (Å²) in [5.74, 6) is 0.0648. The first-order chi connectivity index (χ1) is 8.04. The van der Waals surface area contributed by atoms with Crippen molar-refractivity contribution in [3.05, 3.63) is 0 Å². The minimum Gasteiger partial charge on any atom is -0.351 e. The number of amides is 2. The molecule has 2 amide bonds. The summed E-state index contributed by atoms with van der Waals surface area (Å²) in [7, 11) is 0. The van der Waals surface area contributed by atoms with Crippen molar-refractivity contribution in [1.82, 2.24) is 10.2 Å². The van der Waals surface area contributed by atoms with Gasteiger partial charge in [0.15, 0.2) is 0 Å². The van der Waals surface area contributed by atoms with Gasteiger partial charge in [0.25, 0.3) is 0 Å². The van der Waals surface area contributed by atoms with Gasteiger partial charge in [0, 0.05) is 25.6 Å². The molecule has 2 unspecified atom stereocenters. The monoisotopic (exact) mass is 241 g/mol. The molecule has 5 heteroatoms. The zero-order valence-electron chi connectivity index (χ0n) is 10.7. The molecule has 98 valence electrons. The number of nitrogens with zero attached hydrogens (tertiary/aromatic N) is 1. The van der Waals surface area contributed by atoms with Crippen molar-refractivity contribution in [2.45, 2.75) is 51.6 Å². The minimum atomic E-state index is -0.434. The summed E-state index contributed by atoms with van der Waals surface area (Å²) in [5.41, 5.74) is 5.72. The van der Waals surface area contributed by atoms with Crippen molar-refractivity contribution >= 4 is 11.8 Å². The van der Waals surface area contributed by atoms with Crippen molar-refractivity contribution in [3.8, 4) is 0 Å². The number of carbonyl (C=O) groups is 2. The Balaban J connectivity index is 2.31. The average Bonchev–Trinajstić information content (AvgIpc) is 2.64. The maximum absolute atomic E-state index is 11.7.